The normalized spacial score (nSPS) is 17.9. The number of ether oxygens (including phenoxy) is 1. The van der Waals surface area contributed by atoms with Crippen LogP contribution in [0.5, 0.6) is 5.75 Å². The monoisotopic (exact) mass is 410 g/mol. The third-order valence-corrected chi connectivity index (χ3v) is 5.15. The Labute approximate surface area is 173 Å². The molecule has 0 saturated carbocycles. The van der Waals surface area contributed by atoms with E-state index in [0.29, 0.717) is 17.5 Å². The Balaban J connectivity index is 1.55. The number of thioether (sulfide) groups is 1. The number of nitrogens with one attached hydrogen (secondary N) is 2. The highest BCUT2D eigenvalue weighted by Crippen LogP contribution is 2.23. The highest BCUT2D eigenvalue weighted by atomic mass is 32.2. The van der Waals surface area contributed by atoms with E-state index in [2.05, 4.69) is 20.8 Å². The molecule has 1 fully saturated rings. The minimum absolute atomic E-state index is 0.0457. The number of nitrogens with zero attached hydrogens (tertiary/aromatic N) is 2. The topological polar surface area (TPSA) is 92.2 Å². The molecular weight excluding hydrogens is 388 g/mol. The van der Waals surface area contributed by atoms with Crippen molar-refractivity contribution in [1.29, 1.82) is 0 Å². The van der Waals surface area contributed by atoms with Crippen LogP contribution in [0.4, 0.5) is 5.69 Å². The molecule has 1 saturated heterocycles. The van der Waals surface area contributed by atoms with Gasteiger partial charge in [0.1, 0.15) is 11.0 Å². The lowest BCUT2D eigenvalue weighted by atomic mass is 10.1. The molecule has 0 bridgehead atoms. The zero-order valence-electron chi connectivity index (χ0n) is 16.2. The van der Waals surface area contributed by atoms with Crippen molar-refractivity contribution in [3.8, 4) is 5.75 Å². The highest BCUT2D eigenvalue weighted by molar-refractivity contribution is 8.15. The molecule has 0 unspecified atom stereocenters. The van der Waals surface area contributed by atoms with Gasteiger partial charge in [-0.2, -0.15) is 5.10 Å². The number of carbonyl (C=O) groups is 2. The van der Waals surface area contributed by atoms with Crippen LogP contribution in [0.1, 0.15) is 25.8 Å². The van der Waals surface area contributed by atoms with Crippen LogP contribution < -0.4 is 15.4 Å². The van der Waals surface area contributed by atoms with Crippen molar-refractivity contribution < 1.29 is 14.3 Å². The zero-order chi connectivity index (χ0) is 20.6. The maximum absolute atomic E-state index is 12.3. The van der Waals surface area contributed by atoms with Crippen LogP contribution in [-0.2, 0) is 9.59 Å². The molecule has 1 aliphatic heterocycles. The van der Waals surface area contributed by atoms with Gasteiger partial charge in [0, 0.05) is 12.1 Å². The molecule has 2 aromatic rings. The molecule has 2 aromatic carbocycles. The third kappa shape index (κ3) is 5.92. The average Bonchev–Trinajstić information content (AvgIpc) is 3.07. The summed E-state index contributed by atoms with van der Waals surface area (Å²) in [6, 6.07) is 16.7. The smallest absolute Gasteiger partial charge is 0.240 e. The zero-order valence-corrected chi connectivity index (χ0v) is 17.0. The molecular formula is C21H22N4O3S. The molecule has 1 heterocycles. The van der Waals surface area contributed by atoms with Crippen LogP contribution in [0.2, 0.25) is 0 Å². The van der Waals surface area contributed by atoms with Gasteiger partial charge in [0.25, 0.3) is 0 Å². The summed E-state index contributed by atoms with van der Waals surface area (Å²) in [6.07, 6.45) is 0.0457. The van der Waals surface area contributed by atoms with Crippen molar-refractivity contribution in [2.24, 2.45) is 10.2 Å². The summed E-state index contributed by atoms with van der Waals surface area (Å²) in [5.74, 6) is 0.249. The minimum Gasteiger partial charge on any atom is -0.494 e. The van der Waals surface area contributed by atoms with Gasteiger partial charge in [-0.05, 0) is 43.7 Å². The van der Waals surface area contributed by atoms with E-state index >= 15 is 0 Å². The first-order valence-corrected chi connectivity index (χ1v) is 10.1. The number of benzene rings is 2. The number of hydrogen-bond acceptors (Lipinski definition) is 6. The molecule has 29 heavy (non-hydrogen) atoms. The van der Waals surface area contributed by atoms with Crippen LogP contribution >= 0.6 is 11.8 Å². The van der Waals surface area contributed by atoms with Crippen molar-refractivity contribution in [2.75, 3.05) is 11.9 Å². The molecule has 0 radical (unpaired) electrons. The van der Waals surface area contributed by atoms with Gasteiger partial charge >= 0.3 is 0 Å². The predicted octanol–water partition coefficient (Wildman–Crippen LogP) is 3.43. The second-order valence-corrected chi connectivity index (χ2v) is 7.45. The first-order valence-electron chi connectivity index (χ1n) is 9.23. The summed E-state index contributed by atoms with van der Waals surface area (Å²) in [7, 11) is 0. The van der Waals surface area contributed by atoms with E-state index in [1.165, 1.54) is 11.8 Å². The molecule has 2 N–H and O–H groups in total. The van der Waals surface area contributed by atoms with Gasteiger partial charge < -0.3 is 15.4 Å². The van der Waals surface area contributed by atoms with Gasteiger partial charge in [0.05, 0.1) is 12.3 Å². The molecule has 0 spiro atoms. The SMILES string of the molecule is CCOc1ccc(NC(=O)C[C@@H]2S/C(=N/N=C(/C)c3ccccc3)NC2=O)cc1. The van der Waals surface area contributed by atoms with Gasteiger partial charge in [-0.3, -0.25) is 9.59 Å². The van der Waals surface area contributed by atoms with E-state index < -0.39 is 5.25 Å². The number of anilines is 1. The number of hydrogen-bond donors (Lipinski definition) is 2. The minimum atomic E-state index is -0.538. The lowest BCUT2D eigenvalue weighted by molar-refractivity contribution is -0.122. The lowest BCUT2D eigenvalue weighted by Gasteiger charge is -2.08. The Bertz CT molecular complexity index is 927. The van der Waals surface area contributed by atoms with Crippen molar-refractivity contribution in [1.82, 2.24) is 5.32 Å². The summed E-state index contributed by atoms with van der Waals surface area (Å²) < 4.78 is 5.37. The summed E-state index contributed by atoms with van der Waals surface area (Å²) in [6.45, 7) is 4.34. The van der Waals surface area contributed by atoms with Crippen LogP contribution in [0, 0.1) is 0 Å². The standard InChI is InChI=1S/C21H22N4O3S/c1-3-28-17-11-9-16(10-12-17)22-19(26)13-18-20(27)23-21(29-18)25-24-14(2)15-7-5-4-6-8-15/h4-12,18H,3,13H2,1-2H3,(H,22,26)(H,23,25,27)/b24-14-/t18-/m0/s1. The molecule has 0 aromatic heterocycles. The Morgan fingerprint density at radius 1 is 1.17 bits per heavy atom. The fraction of sp³-hybridized carbons (Fsp3) is 0.238. The number of carbonyl (C=O) groups excluding carboxylic acids is 2. The van der Waals surface area contributed by atoms with Crippen molar-refractivity contribution in [3.63, 3.8) is 0 Å². The van der Waals surface area contributed by atoms with Gasteiger partial charge in [-0.25, -0.2) is 0 Å². The first-order chi connectivity index (χ1) is 14.0. The van der Waals surface area contributed by atoms with E-state index in [-0.39, 0.29) is 18.2 Å². The molecule has 1 aliphatic rings. The summed E-state index contributed by atoms with van der Waals surface area (Å²) >= 11 is 1.21. The highest BCUT2D eigenvalue weighted by Gasteiger charge is 2.32. The number of amidine groups is 1. The molecule has 8 heteroatoms. The summed E-state index contributed by atoms with van der Waals surface area (Å²) in [5, 5.41) is 13.6. The molecule has 1 atom stereocenters. The van der Waals surface area contributed by atoms with Crippen molar-refractivity contribution in [2.45, 2.75) is 25.5 Å². The van der Waals surface area contributed by atoms with Gasteiger partial charge in [0.2, 0.25) is 11.8 Å². The fourth-order valence-corrected chi connectivity index (χ4v) is 3.54. The van der Waals surface area contributed by atoms with Gasteiger partial charge in [0.15, 0.2) is 5.17 Å². The predicted molar refractivity (Wildman–Crippen MR) is 116 cm³/mol. The molecule has 3 rings (SSSR count). The average molecular weight is 410 g/mol. The first kappa shape index (κ1) is 20.6. The Morgan fingerprint density at radius 3 is 2.59 bits per heavy atom. The van der Waals surface area contributed by atoms with Crippen LogP contribution in [0.3, 0.4) is 0 Å². The van der Waals surface area contributed by atoms with Crippen LogP contribution in [0.25, 0.3) is 0 Å². The summed E-state index contributed by atoms with van der Waals surface area (Å²) in [5.41, 5.74) is 2.35. The maximum Gasteiger partial charge on any atom is 0.240 e. The van der Waals surface area contributed by atoms with E-state index in [0.717, 1.165) is 17.0 Å². The molecule has 150 valence electrons. The van der Waals surface area contributed by atoms with E-state index in [4.69, 9.17) is 4.74 Å². The van der Waals surface area contributed by atoms with Crippen molar-refractivity contribution >= 4 is 40.1 Å². The molecule has 0 aliphatic carbocycles. The Kier molecular flexibility index (Phi) is 7.02. The van der Waals surface area contributed by atoms with Crippen LogP contribution in [0.15, 0.2) is 64.8 Å². The number of amides is 2. The maximum atomic E-state index is 12.3. The number of rotatable bonds is 7. The fourth-order valence-electron chi connectivity index (χ4n) is 2.63. The third-order valence-electron chi connectivity index (χ3n) is 4.08. The van der Waals surface area contributed by atoms with Gasteiger partial charge in [-0.1, -0.05) is 42.1 Å². The quantitative estimate of drug-likeness (QED) is 0.540. The van der Waals surface area contributed by atoms with Gasteiger partial charge in [-0.15, -0.1) is 5.10 Å². The van der Waals surface area contributed by atoms with E-state index in [1.54, 1.807) is 24.3 Å². The van der Waals surface area contributed by atoms with Crippen molar-refractivity contribution in [3.05, 3.63) is 60.2 Å². The van der Waals surface area contributed by atoms with E-state index in [9.17, 15) is 9.59 Å². The largest absolute Gasteiger partial charge is 0.494 e. The second kappa shape index (κ2) is 9.88. The second-order valence-electron chi connectivity index (χ2n) is 6.26. The van der Waals surface area contributed by atoms with E-state index in [1.807, 2.05) is 44.2 Å². The molecule has 2 amide bonds. The van der Waals surface area contributed by atoms with Crippen LogP contribution in [-0.4, -0.2) is 34.6 Å². The molecule has 7 nitrogen and oxygen atoms in total. The Hall–Kier alpha value is -3.13. The lowest BCUT2D eigenvalue weighted by Crippen LogP contribution is -2.28. The summed E-state index contributed by atoms with van der Waals surface area (Å²) in [4.78, 5) is 24.4. The Morgan fingerprint density at radius 2 is 1.90 bits per heavy atom.